The number of ether oxygens (including phenoxy) is 2. The first kappa shape index (κ1) is 14.0. The third-order valence-electron chi connectivity index (χ3n) is 3.07. The number of nitrogens with zero attached hydrogens (tertiary/aromatic N) is 2. The fraction of sp³-hybridized carbons (Fsp3) is 0.750. The maximum absolute atomic E-state index is 5.52. The summed E-state index contributed by atoms with van der Waals surface area (Å²) >= 11 is 3.57. The first-order valence-electron chi connectivity index (χ1n) is 6.38. The summed E-state index contributed by atoms with van der Waals surface area (Å²) in [5.74, 6) is 0. The molecule has 1 unspecified atom stereocenters. The van der Waals surface area contributed by atoms with Crippen molar-refractivity contribution in [3.63, 3.8) is 0 Å². The molecule has 1 aromatic heterocycles. The second-order valence-electron chi connectivity index (χ2n) is 4.35. The molecule has 5 nitrogen and oxygen atoms in total. The standard InChI is InChI=1S/C12H20BrN3O2/c1-3-4-16-12(9(13)8-15-16)10(14-2)7-11-17-5-6-18-11/h8,10-11,14H,3-7H2,1-2H3. The molecule has 0 spiro atoms. The topological polar surface area (TPSA) is 48.3 Å². The van der Waals surface area contributed by atoms with Crippen molar-refractivity contribution in [3.8, 4) is 0 Å². The lowest BCUT2D eigenvalue weighted by Crippen LogP contribution is -2.26. The van der Waals surface area contributed by atoms with E-state index >= 15 is 0 Å². The summed E-state index contributed by atoms with van der Waals surface area (Å²) in [7, 11) is 1.95. The average Bonchev–Trinajstić information content (AvgIpc) is 2.98. The predicted octanol–water partition coefficient (Wildman–Crippen LogP) is 2.08. The van der Waals surface area contributed by atoms with E-state index in [2.05, 4.69) is 33.3 Å². The van der Waals surface area contributed by atoms with Gasteiger partial charge in [0.05, 0.1) is 35.6 Å². The molecule has 102 valence electrons. The second kappa shape index (κ2) is 6.65. The van der Waals surface area contributed by atoms with Crippen LogP contribution in [0.2, 0.25) is 0 Å². The molecular weight excluding hydrogens is 298 g/mol. The van der Waals surface area contributed by atoms with Crippen LogP contribution in [-0.4, -0.2) is 36.3 Å². The van der Waals surface area contributed by atoms with Gasteiger partial charge in [0.1, 0.15) is 0 Å². The van der Waals surface area contributed by atoms with Crippen molar-refractivity contribution in [2.24, 2.45) is 0 Å². The zero-order chi connectivity index (χ0) is 13.0. The van der Waals surface area contributed by atoms with E-state index in [9.17, 15) is 0 Å². The van der Waals surface area contributed by atoms with Crippen LogP contribution in [-0.2, 0) is 16.0 Å². The predicted molar refractivity (Wildman–Crippen MR) is 72.3 cm³/mol. The number of rotatable bonds is 6. The Balaban J connectivity index is 2.12. The Morgan fingerprint density at radius 1 is 1.56 bits per heavy atom. The molecule has 6 heteroatoms. The molecular formula is C12H20BrN3O2. The van der Waals surface area contributed by atoms with Crippen molar-refractivity contribution in [3.05, 3.63) is 16.4 Å². The Bertz CT molecular complexity index is 377. The molecule has 1 aromatic rings. The highest BCUT2D eigenvalue weighted by Crippen LogP contribution is 2.28. The number of halogens is 1. The summed E-state index contributed by atoms with van der Waals surface area (Å²) in [4.78, 5) is 0. The minimum absolute atomic E-state index is 0.112. The van der Waals surface area contributed by atoms with Gasteiger partial charge in [-0.2, -0.15) is 5.10 Å². The van der Waals surface area contributed by atoms with Crippen LogP contribution in [0.3, 0.4) is 0 Å². The zero-order valence-corrected chi connectivity index (χ0v) is 12.4. The minimum Gasteiger partial charge on any atom is -0.350 e. The average molecular weight is 318 g/mol. The molecule has 0 radical (unpaired) electrons. The SMILES string of the molecule is CCCn1ncc(Br)c1C(CC1OCCO1)NC. The van der Waals surface area contributed by atoms with E-state index in [1.54, 1.807) is 0 Å². The lowest BCUT2D eigenvalue weighted by atomic mass is 10.1. The Morgan fingerprint density at radius 3 is 2.89 bits per heavy atom. The third-order valence-corrected chi connectivity index (χ3v) is 3.68. The Kier molecular flexibility index (Phi) is 5.17. The van der Waals surface area contributed by atoms with Crippen LogP contribution < -0.4 is 5.32 Å². The number of hydrogen-bond donors (Lipinski definition) is 1. The first-order valence-corrected chi connectivity index (χ1v) is 7.17. The van der Waals surface area contributed by atoms with E-state index in [-0.39, 0.29) is 12.3 Å². The van der Waals surface area contributed by atoms with Crippen molar-refractivity contribution >= 4 is 15.9 Å². The Hall–Kier alpha value is -0.430. The van der Waals surface area contributed by atoms with Gasteiger partial charge in [-0.05, 0) is 29.4 Å². The van der Waals surface area contributed by atoms with E-state index in [1.165, 1.54) is 5.69 Å². The van der Waals surface area contributed by atoms with Gasteiger partial charge < -0.3 is 14.8 Å². The smallest absolute Gasteiger partial charge is 0.159 e. The lowest BCUT2D eigenvalue weighted by Gasteiger charge is -2.21. The van der Waals surface area contributed by atoms with E-state index in [0.717, 1.165) is 23.9 Å². The van der Waals surface area contributed by atoms with E-state index in [1.807, 2.05) is 17.9 Å². The van der Waals surface area contributed by atoms with Crippen LogP contribution in [0.15, 0.2) is 10.7 Å². The number of aromatic nitrogens is 2. The Labute approximate surface area is 116 Å². The normalized spacial score (nSPS) is 18.4. The second-order valence-corrected chi connectivity index (χ2v) is 5.20. The summed E-state index contributed by atoms with van der Waals surface area (Å²) in [6, 6.07) is 0.177. The highest BCUT2D eigenvalue weighted by Gasteiger charge is 2.25. The van der Waals surface area contributed by atoms with Gasteiger partial charge in [0, 0.05) is 13.0 Å². The summed E-state index contributed by atoms with van der Waals surface area (Å²) in [6.07, 6.45) is 3.60. The van der Waals surface area contributed by atoms with Gasteiger partial charge in [0.25, 0.3) is 0 Å². The van der Waals surface area contributed by atoms with Crippen molar-refractivity contribution in [1.82, 2.24) is 15.1 Å². The lowest BCUT2D eigenvalue weighted by molar-refractivity contribution is -0.0531. The van der Waals surface area contributed by atoms with Gasteiger partial charge in [-0.25, -0.2) is 0 Å². The molecule has 0 aliphatic carbocycles. The molecule has 1 aliphatic heterocycles. The highest BCUT2D eigenvalue weighted by atomic mass is 79.9. The fourth-order valence-corrected chi connectivity index (χ4v) is 2.78. The van der Waals surface area contributed by atoms with Crippen LogP contribution in [0.5, 0.6) is 0 Å². The molecule has 2 rings (SSSR count). The molecule has 0 bridgehead atoms. The third kappa shape index (κ3) is 3.12. The summed E-state index contributed by atoms with van der Waals surface area (Å²) < 4.78 is 14.1. The van der Waals surface area contributed by atoms with E-state index in [0.29, 0.717) is 13.2 Å². The van der Waals surface area contributed by atoms with E-state index < -0.39 is 0 Å². The molecule has 2 heterocycles. The zero-order valence-electron chi connectivity index (χ0n) is 10.9. The van der Waals surface area contributed by atoms with Crippen molar-refractivity contribution < 1.29 is 9.47 Å². The quantitative estimate of drug-likeness (QED) is 0.872. The van der Waals surface area contributed by atoms with Crippen LogP contribution in [0.25, 0.3) is 0 Å². The Morgan fingerprint density at radius 2 is 2.28 bits per heavy atom. The van der Waals surface area contributed by atoms with Crippen molar-refractivity contribution in [1.29, 1.82) is 0 Å². The largest absolute Gasteiger partial charge is 0.350 e. The number of hydrogen-bond acceptors (Lipinski definition) is 4. The highest BCUT2D eigenvalue weighted by molar-refractivity contribution is 9.10. The molecule has 1 N–H and O–H groups in total. The fourth-order valence-electron chi connectivity index (χ4n) is 2.21. The number of nitrogens with one attached hydrogen (secondary N) is 1. The van der Waals surface area contributed by atoms with Gasteiger partial charge >= 0.3 is 0 Å². The summed E-state index contributed by atoms with van der Waals surface area (Å²) in [6.45, 7) is 4.45. The molecule has 0 saturated carbocycles. The van der Waals surface area contributed by atoms with Gasteiger partial charge in [0.2, 0.25) is 0 Å². The van der Waals surface area contributed by atoms with E-state index in [4.69, 9.17) is 9.47 Å². The van der Waals surface area contributed by atoms with Gasteiger partial charge in [-0.3, -0.25) is 4.68 Å². The molecule has 1 fully saturated rings. The molecule has 1 atom stereocenters. The van der Waals surface area contributed by atoms with Crippen LogP contribution in [0.4, 0.5) is 0 Å². The maximum atomic E-state index is 5.52. The van der Waals surface area contributed by atoms with Gasteiger partial charge in [-0.15, -0.1) is 0 Å². The van der Waals surface area contributed by atoms with Gasteiger partial charge in [0.15, 0.2) is 6.29 Å². The monoisotopic (exact) mass is 317 g/mol. The van der Waals surface area contributed by atoms with Crippen LogP contribution in [0.1, 0.15) is 31.5 Å². The number of aryl methyl sites for hydroxylation is 1. The molecule has 18 heavy (non-hydrogen) atoms. The molecule has 0 aromatic carbocycles. The van der Waals surface area contributed by atoms with Crippen LogP contribution in [0, 0.1) is 0 Å². The summed E-state index contributed by atoms with van der Waals surface area (Å²) in [5, 5.41) is 7.72. The van der Waals surface area contributed by atoms with Crippen molar-refractivity contribution in [2.75, 3.05) is 20.3 Å². The van der Waals surface area contributed by atoms with Gasteiger partial charge in [-0.1, -0.05) is 6.92 Å². The molecule has 1 saturated heterocycles. The maximum Gasteiger partial charge on any atom is 0.159 e. The van der Waals surface area contributed by atoms with Crippen LogP contribution >= 0.6 is 15.9 Å². The molecule has 0 amide bonds. The first-order chi connectivity index (χ1) is 8.76. The molecule has 1 aliphatic rings. The summed E-state index contributed by atoms with van der Waals surface area (Å²) in [5.41, 5.74) is 1.17. The minimum atomic E-state index is -0.112. The van der Waals surface area contributed by atoms with Crippen molar-refractivity contribution in [2.45, 2.75) is 38.6 Å².